The van der Waals surface area contributed by atoms with E-state index < -0.39 is 22.9 Å². The third kappa shape index (κ3) is 7.34. The van der Waals surface area contributed by atoms with Crippen LogP contribution in [0.25, 0.3) is 0 Å². The van der Waals surface area contributed by atoms with E-state index in [-0.39, 0.29) is 16.6 Å². The van der Waals surface area contributed by atoms with Crippen LogP contribution in [0.15, 0.2) is 102 Å². The third-order valence-corrected chi connectivity index (χ3v) is 7.19. The SMILES string of the molecule is COc1cccc(C(=O)Nc2ccc(SC(C(=O)Nc3cc(C(F)(F)F)ccc3Cl)c3ccccc3)cc2)c1. The summed E-state index contributed by atoms with van der Waals surface area (Å²) in [6, 6.07) is 25.3. The lowest BCUT2D eigenvalue weighted by Crippen LogP contribution is -2.19. The average molecular weight is 571 g/mol. The monoisotopic (exact) mass is 570 g/mol. The number of alkyl halides is 3. The van der Waals surface area contributed by atoms with Crippen molar-refractivity contribution in [3.05, 3.63) is 119 Å². The number of thioether (sulfide) groups is 1. The summed E-state index contributed by atoms with van der Waals surface area (Å²) in [6.07, 6.45) is -4.58. The van der Waals surface area contributed by atoms with E-state index in [0.29, 0.717) is 27.5 Å². The Morgan fingerprint density at radius 3 is 2.26 bits per heavy atom. The number of hydrogen-bond donors (Lipinski definition) is 2. The molecule has 2 amide bonds. The Kier molecular flexibility index (Phi) is 8.83. The molecule has 5 nitrogen and oxygen atoms in total. The maximum absolute atomic E-state index is 13.3. The van der Waals surface area contributed by atoms with Crippen LogP contribution in [0.3, 0.4) is 0 Å². The van der Waals surface area contributed by atoms with E-state index in [4.69, 9.17) is 16.3 Å². The second kappa shape index (κ2) is 12.3. The molecule has 0 aliphatic carbocycles. The van der Waals surface area contributed by atoms with E-state index in [1.807, 2.05) is 0 Å². The van der Waals surface area contributed by atoms with Gasteiger partial charge in [-0.15, -0.1) is 11.8 Å². The maximum atomic E-state index is 13.3. The molecule has 0 bridgehead atoms. The number of methoxy groups -OCH3 is 1. The number of rotatable bonds is 8. The van der Waals surface area contributed by atoms with Crippen LogP contribution in [0.4, 0.5) is 24.5 Å². The fourth-order valence-corrected chi connectivity index (χ4v) is 4.81. The molecular formula is C29H22ClF3N2O3S. The molecule has 200 valence electrons. The van der Waals surface area contributed by atoms with Gasteiger partial charge in [0, 0.05) is 16.1 Å². The lowest BCUT2D eigenvalue weighted by Gasteiger charge is -2.18. The smallest absolute Gasteiger partial charge is 0.416 e. The van der Waals surface area contributed by atoms with Gasteiger partial charge < -0.3 is 15.4 Å². The van der Waals surface area contributed by atoms with Crippen molar-refractivity contribution in [2.75, 3.05) is 17.7 Å². The minimum atomic E-state index is -4.58. The second-order valence-corrected chi connectivity index (χ2v) is 9.89. The highest BCUT2D eigenvalue weighted by atomic mass is 35.5. The molecule has 0 saturated heterocycles. The molecular weight excluding hydrogens is 549 g/mol. The molecule has 0 aliphatic rings. The van der Waals surface area contributed by atoms with Gasteiger partial charge in [-0.25, -0.2) is 0 Å². The number of nitrogens with one attached hydrogen (secondary N) is 2. The maximum Gasteiger partial charge on any atom is 0.416 e. The molecule has 4 aromatic rings. The van der Waals surface area contributed by atoms with E-state index in [2.05, 4.69) is 10.6 Å². The first-order chi connectivity index (χ1) is 18.6. The average Bonchev–Trinajstić information content (AvgIpc) is 2.93. The Bertz CT molecular complexity index is 1470. The van der Waals surface area contributed by atoms with Gasteiger partial charge in [0.15, 0.2) is 0 Å². The van der Waals surface area contributed by atoms with Gasteiger partial charge in [-0.2, -0.15) is 13.2 Å². The van der Waals surface area contributed by atoms with Gasteiger partial charge in [0.1, 0.15) is 11.0 Å². The van der Waals surface area contributed by atoms with E-state index in [0.717, 1.165) is 18.2 Å². The molecule has 0 saturated carbocycles. The molecule has 2 N–H and O–H groups in total. The Balaban J connectivity index is 1.52. The van der Waals surface area contributed by atoms with Gasteiger partial charge in [-0.05, 0) is 66.2 Å². The summed E-state index contributed by atoms with van der Waals surface area (Å²) in [5.41, 5.74) is 0.579. The molecule has 4 aromatic carbocycles. The topological polar surface area (TPSA) is 67.4 Å². The van der Waals surface area contributed by atoms with Crippen LogP contribution in [0.5, 0.6) is 5.75 Å². The van der Waals surface area contributed by atoms with Gasteiger partial charge >= 0.3 is 6.18 Å². The molecule has 0 aromatic heterocycles. The van der Waals surface area contributed by atoms with E-state index in [9.17, 15) is 22.8 Å². The van der Waals surface area contributed by atoms with Crippen molar-refractivity contribution in [1.82, 2.24) is 0 Å². The lowest BCUT2D eigenvalue weighted by atomic mass is 10.1. The van der Waals surface area contributed by atoms with Crippen LogP contribution in [-0.4, -0.2) is 18.9 Å². The van der Waals surface area contributed by atoms with Gasteiger partial charge in [0.05, 0.1) is 23.4 Å². The Hall–Kier alpha value is -3.95. The van der Waals surface area contributed by atoms with Crippen LogP contribution >= 0.6 is 23.4 Å². The van der Waals surface area contributed by atoms with Crippen molar-refractivity contribution >= 4 is 46.6 Å². The predicted molar refractivity (Wildman–Crippen MR) is 148 cm³/mol. The predicted octanol–water partition coefficient (Wildman–Crippen LogP) is 8.09. The minimum absolute atomic E-state index is 0.00991. The number of benzene rings is 4. The number of hydrogen-bond acceptors (Lipinski definition) is 4. The first-order valence-corrected chi connectivity index (χ1v) is 12.8. The fraction of sp³-hybridized carbons (Fsp3) is 0.103. The summed E-state index contributed by atoms with van der Waals surface area (Å²) >= 11 is 7.30. The number of carbonyl (C=O) groups is 2. The Labute approximate surface area is 232 Å². The largest absolute Gasteiger partial charge is 0.497 e. The molecule has 0 radical (unpaired) electrons. The molecule has 10 heteroatoms. The number of halogens is 4. The molecule has 0 spiro atoms. The fourth-order valence-electron chi connectivity index (χ4n) is 3.62. The summed E-state index contributed by atoms with van der Waals surface area (Å²) in [5.74, 6) is -0.289. The lowest BCUT2D eigenvalue weighted by molar-refractivity contribution is -0.137. The molecule has 0 fully saturated rings. The summed E-state index contributed by atoms with van der Waals surface area (Å²) in [7, 11) is 1.52. The summed E-state index contributed by atoms with van der Waals surface area (Å²) in [6.45, 7) is 0. The molecule has 0 aliphatic heterocycles. The Morgan fingerprint density at radius 1 is 0.872 bits per heavy atom. The zero-order chi connectivity index (χ0) is 28.0. The highest BCUT2D eigenvalue weighted by molar-refractivity contribution is 8.00. The summed E-state index contributed by atoms with van der Waals surface area (Å²) in [5, 5.41) is 4.55. The number of anilines is 2. The molecule has 1 atom stereocenters. The van der Waals surface area contributed by atoms with E-state index >= 15 is 0 Å². The van der Waals surface area contributed by atoms with E-state index in [1.165, 1.54) is 18.9 Å². The standard InChI is InChI=1S/C29H22ClF3N2O3S/c1-38-22-9-5-8-19(16-22)27(36)34-21-11-13-23(14-12-21)39-26(18-6-3-2-4-7-18)28(37)35-25-17-20(29(31,32)33)10-15-24(25)30/h2-17,26H,1H3,(H,34,36)(H,35,37). The number of carbonyl (C=O) groups excluding carboxylic acids is 2. The van der Waals surface area contributed by atoms with Crippen molar-refractivity contribution in [3.63, 3.8) is 0 Å². The van der Waals surface area contributed by atoms with Crippen molar-refractivity contribution in [2.24, 2.45) is 0 Å². The van der Waals surface area contributed by atoms with Gasteiger partial charge in [0.2, 0.25) is 5.91 Å². The van der Waals surface area contributed by atoms with Crippen molar-refractivity contribution in [3.8, 4) is 5.75 Å². The number of ether oxygens (including phenoxy) is 1. The minimum Gasteiger partial charge on any atom is -0.497 e. The first-order valence-electron chi connectivity index (χ1n) is 11.6. The highest BCUT2D eigenvalue weighted by Gasteiger charge is 2.31. The van der Waals surface area contributed by atoms with Crippen molar-refractivity contribution < 1.29 is 27.5 Å². The van der Waals surface area contributed by atoms with Crippen molar-refractivity contribution in [1.29, 1.82) is 0 Å². The third-order valence-electron chi connectivity index (χ3n) is 5.59. The van der Waals surface area contributed by atoms with Crippen LogP contribution in [0.2, 0.25) is 5.02 Å². The molecule has 0 heterocycles. The van der Waals surface area contributed by atoms with E-state index in [1.54, 1.807) is 78.9 Å². The molecule has 1 unspecified atom stereocenters. The van der Waals surface area contributed by atoms with Gasteiger partial charge in [-0.1, -0.05) is 48.0 Å². The normalized spacial score (nSPS) is 11.9. The van der Waals surface area contributed by atoms with Gasteiger partial charge in [0.25, 0.3) is 5.91 Å². The van der Waals surface area contributed by atoms with Crippen LogP contribution in [0, 0.1) is 0 Å². The second-order valence-electron chi connectivity index (χ2n) is 8.30. The quantitative estimate of drug-likeness (QED) is 0.210. The van der Waals surface area contributed by atoms with Crippen LogP contribution in [0.1, 0.15) is 26.7 Å². The zero-order valence-electron chi connectivity index (χ0n) is 20.5. The summed E-state index contributed by atoms with van der Waals surface area (Å²) in [4.78, 5) is 26.6. The first kappa shape index (κ1) is 28.1. The highest BCUT2D eigenvalue weighted by Crippen LogP contribution is 2.38. The number of amides is 2. The zero-order valence-corrected chi connectivity index (χ0v) is 22.0. The van der Waals surface area contributed by atoms with Crippen LogP contribution in [-0.2, 0) is 11.0 Å². The van der Waals surface area contributed by atoms with Gasteiger partial charge in [-0.3, -0.25) is 9.59 Å². The van der Waals surface area contributed by atoms with Crippen molar-refractivity contribution in [2.45, 2.75) is 16.3 Å². The Morgan fingerprint density at radius 2 is 1.59 bits per heavy atom. The molecule has 39 heavy (non-hydrogen) atoms. The summed E-state index contributed by atoms with van der Waals surface area (Å²) < 4.78 is 44.8. The van der Waals surface area contributed by atoms with Crippen LogP contribution < -0.4 is 15.4 Å². The molecule has 4 rings (SSSR count).